The summed E-state index contributed by atoms with van der Waals surface area (Å²) in [6, 6.07) is 2.26. The monoisotopic (exact) mass is 238 g/mol. The second-order valence-corrected chi connectivity index (χ2v) is 4.76. The van der Waals surface area contributed by atoms with Crippen molar-refractivity contribution < 1.29 is 4.74 Å². The zero-order chi connectivity index (χ0) is 12.1. The average Bonchev–Trinajstić information content (AvgIpc) is 2.26. The molecule has 0 aliphatic carbocycles. The quantitative estimate of drug-likeness (QED) is 0.605. The highest BCUT2D eigenvalue weighted by atomic mass is 32.1. The van der Waals surface area contributed by atoms with Crippen LogP contribution >= 0.6 is 12.6 Å². The van der Waals surface area contributed by atoms with Gasteiger partial charge in [-0.3, -0.25) is 0 Å². The number of thiol groups is 1. The Bertz CT molecular complexity index is 358. The third-order valence-electron chi connectivity index (χ3n) is 3.19. The third-order valence-corrected chi connectivity index (χ3v) is 3.51. The van der Waals surface area contributed by atoms with Crippen LogP contribution in [-0.2, 0) is 6.42 Å². The molecule has 0 atom stereocenters. The van der Waals surface area contributed by atoms with Gasteiger partial charge < -0.3 is 4.74 Å². The van der Waals surface area contributed by atoms with Gasteiger partial charge in [-0.15, -0.1) is 0 Å². The topological polar surface area (TPSA) is 9.23 Å². The van der Waals surface area contributed by atoms with Gasteiger partial charge in [0.2, 0.25) is 0 Å². The first kappa shape index (κ1) is 13.4. The summed E-state index contributed by atoms with van der Waals surface area (Å²) in [7, 11) is 1.75. The summed E-state index contributed by atoms with van der Waals surface area (Å²) < 4.78 is 5.42. The minimum absolute atomic E-state index is 0.979. The van der Waals surface area contributed by atoms with Crippen molar-refractivity contribution in [3.63, 3.8) is 0 Å². The van der Waals surface area contributed by atoms with E-state index < -0.39 is 0 Å². The van der Waals surface area contributed by atoms with E-state index in [4.69, 9.17) is 4.74 Å². The number of methoxy groups -OCH3 is 1. The first-order chi connectivity index (χ1) is 7.61. The molecule has 1 nitrogen and oxygen atoms in total. The highest BCUT2D eigenvalue weighted by Crippen LogP contribution is 2.29. The summed E-state index contributed by atoms with van der Waals surface area (Å²) >= 11 is 4.24. The SMILES string of the molecule is COc1c(C)cc(CCCCS)c(C)c1C. The molecule has 0 N–H and O–H groups in total. The summed E-state index contributed by atoms with van der Waals surface area (Å²) in [6.07, 6.45) is 3.56. The average molecular weight is 238 g/mol. The van der Waals surface area contributed by atoms with Crippen LogP contribution in [0.1, 0.15) is 35.1 Å². The molecular weight excluding hydrogens is 216 g/mol. The van der Waals surface area contributed by atoms with Crippen molar-refractivity contribution in [3.8, 4) is 5.75 Å². The highest BCUT2D eigenvalue weighted by molar-refractivity contribution is 7.80. The molecule has 0 unspecified atom stereocenters. The van der Waals surface area contributed by atoms with Gasteiger partial charge in [-0.25, -0.2) is 0 Å². The Morgan fingerprint density at radius 3 is 2.38 bits per heavy atom. The maximum Gasteiger partial charge on any atom is 0.124 e. The van der Waals surface area contributed by atoms with Gasteiger partial charge in [0.25, 0.3) is 0 Å². The van der Waals surface area contributed by atoms with E-state index in [1.165, 1.54) is 35.1 Å². The number of benzene rings is 1. The molecule has 1 rings (SSSR count). The maximum atomic E-state index is 5.42. The predicted octanol–water partition coefficient (Wildman–Crippen LogP) is 3.87. The maximum absolute atomic E-state index is 5.42. The van der Waals surface area contributed by atoms with E-state index in [0.29, 0.717) is 0 Å². The lowest BCUT2D eigenvalue weighted by Crippen LogP contribution is -1.99. The Hall–Kier alpha value is -0.630. The van der Waals surface area contributed by atoms with E-state index in [1.54, 1.807) is 7.11 Å². The van der Waals surface area contributed by atoms with E-state index in [-0.39, 0.29) is 0 Å². The zero-order valence-electron chi connectivity index (χ0n) is 10.8. The number of rotatable bonds is 5. The van der Waals surface area contributed by atoms with E-state index in [2.05, 4.69) is 39.5 Å². The lowest BCUT2D eigenvalue weighted by Gasteiger charge is -2.15. The predicted molar refractivity (Wildman–Crippen MR) is 74.0 cm³/mol. The molecule has 1 aromatic rings. The second-order valence-electron chi connectivity index (χ2n) is 4.32. The molecule has 90 valence electrons. The summed E-state index contributed by atoms with van der Waals surface area (Å²) in [4.78, 5) is 0. The molecule has 0 amide bonds. The number of hydrogen-bond acceptors (Lipinski definition) is 2. The molecule has 0 fully saturated rings. The van der Waals surface area contributed by atoms with Crippen LogP contribution in [0.25, 0.3) is 0 Å². The molecule has 0 aromatic heterocycles. The lowest BCUT2D eigenvalue weighted by molar-refractivity contribution is 0.408. The van der Waals surface area contributed by atoms with Crippen molar-refractivity contribution in [2.75, 3.05) is 12.9 Å². The number of ether oxygens (including phenoxy) is 1. The fourth-order valence-corrected chi connectivity index (χ4v) is 2.37. The molecule has 0 aliphatic rings. The molecule has 2 heteroatoms. The van der Waals surface area contributed by atoms with Crippen molar-refractivity contribution in [3.05, 3.63) is 28.3 Å². The first-order valence-electron chi connectivity index (χ1n) is 5.86. The minimum Gasteiger partial charge on any atom is -0.496 e. The van der Waals surface area contributed by atoms with E-state index in [9.17, 15) is 0 Å². The molecule has 1 aromatic carbocycles. The Morgan fingerprint density at radius 1 is 1.12 bits per heavy atom. The molecule has 16 heavy (non-hydrogen) atoms. The van der Waals surface area contributed by atoms with Gasteiger partial charge in [0.1, 0.15) is 5.75 Å². The van der Waals surface area contributed by atoms with Crippen LogP contribution in [0.2, 0.25) is 0 Å². The van der Waals surface area contributed by atoms with Crippen LogP contribution in [0.5, 0.6) is 5.75 Å². The van der Waals surface area contributed by atoms with E-state index in [0.717, 1.165) is 17.9 Å². The molecular formula is C14H22OS. The van der Waals surface area contributed by atoms with Crippen molar-refractivity contribution in [1.29, 1.82) is 0 Å². The summed E-state index contributed by atoms with van der Waals surface area (Å²) in [5.74, 6) is 2.02. The van der Waals surface area contributed by atoms with Gasteiger partial charge in [-0.2, -0.15) is 12.6 Å². The minimum atomic E-state index is 0.979. The molecule has 0 spiro atoms. The Kier molecular flexibility index (Phi) is 5.20. The number of aryl methyl sites for hydroxylation is 2. The summed E-state index contributed by atoms with van der Waals surface area (Å²) in [6.45, 7) is 6.45. The standard InChI is InChI=1S/C14H22OS/c1-10-9-13(7-5-6-8-16)11(2)12(3)14(10)15-4/h9,16H,5-8H2,1-4H3. The van der Waals surface area contributed by atoms with Gasteiger partial charge in [-0.1, -0.05) is 6.07 Å². The van der Waals surface area contributed by atoms with Crippen molar-refractivity contribution in [1.82, 2.24) is 0 Å². The fourth-order valence-electron chi connectivity index (χ4n) is 2.14. The Labute approximate surface area is 105 Å². The normalized spacial score (nSPS) is 10.6. The van der Waals surface area contributed by atoms with Crippen LogP contribution in [0.15, 0.2) is 6.07 Å². The fraction of sp³-hybridized carbons (Fsp3) is 0.571. The molecule has 0 aliphatic heterocycles. The molecule has 0 bridgehead atoms. The third kappa shape index (κ3) is 2.94. The van der Waals surface area contributed by atoms with Crippen LogP contribution < -0.4 is 4.74 Å². The summed E-state index contributed by atoms with van der Waals surface area (Å²) in [5, 5.41) is 0. The van der Waals surface area contributed by atoms with Gasteiger partial charge in [-0.05, 0) is 68.0 Å². The Balaban J connectivity index is 2.94. The zero-order valence-corrected chi connectivity index (χ0v) is 11.7. The second kappa shape index (κ2) is 6.19. The molecule has 0 saturated heterocycles. The molecule has 0 saturated carbocycles. The van der Waals surface area contributed by atoms with Crippen molar-refractivity contribution >= 4 is 12.6 Å². The highest BCUT2D eigenvalue weighted by Gasteiger charge is 2.09. The van der Waals surface area contributed by atoms with E-state index in [1.807, 2.05) is 0 Å². The smallest absolute Gasteiger partial charge is 0.124 e. The molecule has 0 radical (unpaired) electrons. The van der Waals surface area contributed by atoms with Crippen LogP contribution in [0.3, 0.4) is 0 Å². The number of unbranched alkanes of at least 4 members (excludes halogenated alkanes) is 1. The number of hydrogen-bond donors (Lipinski definition) is 1. The first-order valence-corrected chi connectivity index (χ1v) is 6.49. The Morgan fingerprint density at radius 2 is 1.81 bits per heavy atom. The van der Waals surface area contributed by atoms with Gasteiger partial charge in [0.05, 0.1) is 7.11 Å². The van der Waals surface area contributed by atoms with Gasteiger partial charge >= 0.3 is 0 Å². The summed E-state index contributed by atoms with van der Waals surface area (Å²) in [5.41, 5.74) is 5.36. The van der Waals surface area contributed by atoms with Gasteiger partial charge in [0.15, 0.2) is 0 Å². The van der Waals surface area contributed by atoms with Crippen molar-refractivity contribution in [2.24, 2.45) is 0 Å². The molecule has 0 heterocycles. The van der Waals surface area contributed by atoms with Crippen LogP contribution in [-0.4, -0.2) is 12.9 Å². The van der Waals surface area contributed by atoms with E-state index >= 15 is 0 Å². The van der Waals surface area contributed by atoms with Crippen LogP contribution in [0.4, 0.5) is 0 Å². The largest absolute Gasteiger partial charge is 0.496 e. The lowest BCUT2D eigenvalue weighted by atomic mass is 9.95. The van der Waals surface area contributed by atoms with Gasteiger partial charge in [0, 0.05) is 0 Å². The van der Waals surface area contributed by atoms with Crippen LogP contribution in [0, 0.1) is 20.8 Å². The van der Waals surface area contributed by atoms with Crippen molar-refractivity contribution in [2.45, 2.75) is 40.0 Å².